The van der Waals surface area contributed by atoms with E-state index >= 15 is 0 Å². The Morgan fingerprint density at radius 3 is 2.93 bits per heavy atom. The molecule has 0 bridgehead atoms. The highest BCUT2D eigenvalue weighted by Crippen LogP contribution is 2.17. The van der Waals surface area contributed by atoms with E-state index in [1.807, 2.05) is 0 Å². The van der Waals surface area contributed by atoms with E-state index in [9.17, 15) is 0 Å². The van der Waals surface area contributed by atoms with Gasteiger partial charge in [0.25, 0.3) is 0 Å². The molecule has 0 aromatic carbocycles. The fraction of sp³-hybridized carbons (Fsp3) is 1.00. The van der Waals surface area contributed by atoms with Crippen molar-refractivity contribution in [2.24, 2.45) is 5.92 Å². The lowest BCUT2D eigenvalue weighted by Gasteiger charge is -2.37. The highest BCUT2D eigenvalue weighted by atomic mass is 16.3. The molecule has 1 rings (SSSR count). The van der Waals surface area contributed by atoms with E-state index in [4.69, 9.17) is 5.11 Å². The van der Waals surface area contributed by atoms with Gasteiger partial charge in [-0.05, 0) is 31.8 Å². The lowest BCUT2D eigenvalue weighted by Crippen LogP contribution is -2.47. The second kappa shape index (κ2) is 7.20. The first-order valence-corrected chi connectivity index (χ1v) is 6.33. The number of hydrogen-bond acceptors (Lipinski definition) is 3. The van der Waals surface area contributed by atoms with Crippen LogP contribution in [0.1, 0.15) is 33.1 Å². The standard InChI is InChI=1S/C12H26N2O/c1-3-13-8-12-6-4-5-7-14(12)9-11(2)10-15/h11-13,15H,3-10H2,1-2H3. The third kappa shape index (κ3) is 4.49. The van der Waals surface area contributed by atoms with Crippen LogP contribution >= 0.6 is 0 Å². The summed E-state index contributed by atoms with van der Waals surface area (Å²) in [5.74, 6) is 0.409. The topological polar surface area (TPSA) is 35.5 Å². The molecule has 3 heteroatoms. The quantitative estimate of drug-likeness (QED) is 0.694. The fourth-order valence-corrected chi connectivity index (χ4v) is 2.30. The number of nitrogens with one attached hydrogen (secondary N) is 1. The summed E-state index contributed by atoms with van der Waals surface area (Å²) in [6.07, 6.45) is 3.99. The van der Waals surface area contributed by atoms with Crippen LogP contribution in [0.4, 0.5) is 0 Å². The van der Waals surface area contributed by atoms with Gasteiger partial charge in [0.1, 0.15) is 0 Å². The van der Waals surface area contributed by atoms with Crippen LogP contribution in [-0.2, 0) is 0 Å². The van der Waals surface area contributed by atoms with Gasteiger partial charge in [-0.25, -0.2) is 0 Å². The minimum absolute atomic E-state index is 0.310. The van der Waals surface area contributed by atoms with Crippen molar-refractivity contribution >= 4 is 0 Å². The molecule has 2 unspecified atom stereocenters. The van der Waals surface area contributed by atoms with Gasteiger partial charge < -0.3 is 10.4 Å². The highest BCUT2D eigenvalue weighted by Gasteiger charge is 2.22. The molecule has 0 amide bonds. The Hall–Kier alpha value is -0.120. The minimum Gasteiger partial charge on any atom is -0.396 e. The summed E-state index contributed by atoms with van der Waals surface area (Å²) in [6.45, 7) is 9.01. The fourth-order valence-electron chi connectivity index (χ4n) is 2.30. The average Bonchev–Trinajstić information content (AvgIpc) is 2.28. The summed E-state index contributed by atoms with van der Waals surface area (Å²) in [6, 6.07) is 0.688. The molecule has 1 heterocycles. The van der Waals surface area contributed by atoms with Crippen LogP contribution in [0.2, 0.25) is 0 Å². The third-order valence-electron chi connectivity index (χ3n) is 3.24. The van der Waals surface area contributed by atoms with Crippen LogP contribution in [0.15, 0.2) is 0 Å². The summed E-state index contributed by atoms with van der Waals surface area (Å²) < 4.78 is 0. The number of aliphatic hydroxyl groups is 1. The van der Waals surface area contributed by atoms with E-state index in [-0.39, 0.29) is 0 Å². The first kappa shape index (κ1) is 12.9. The molecular formula is C12H26N2O. The summed E-state index contributed by atoms with van der Waals surface area (Å²) in [5.41, 5.74) is 0. The molecule has 90 valence electrons. The van der Waals surface area contributed by atoms with Crippen LogP contribution in [-0.4, -0.2) is 48.8 Å². The Morgan fingerprint density at radius 1 is 1.47 bits per heavy atom. The first-order valence-electron chi connectivity index (χ1n) is 6.33. The van der Waals surface area contributed by atoms with Crippen LogP contribution < -0.4 is 5.32 Å². The molecule has 0 saturated carbocycles. The normalized spacial score (nSPS) is 25.4. The van der Waals surface area contributed by atoms with Crippen LogP contribution in [0, 0.1) is 5.92 Å². The van der Waals surface area contributed by atoms with Gasteiger partial charge in [0.15, 0.2) is 0 Å². The van der Waals surface area contributed by atoms with Crippen molar-refractivity contribution in [3.8, 4) is 0 Å². The number of piperidine rings is 1. The molecular weight excluding hydrogens is 188 g/mol. The largest absolute Gasteiger partial charge is 0.396 e. The van der Waals surface area contributed by atoms with Crippen molar-refractivity contribution in [1.29, 1.82) is 0 Å². The van der Waals surface area contributed by atoms with Crippen LogP contribution in [0.25, 0.3) is 0 Å². The molecule has 0 aliphatic carbocycles. The van der Waals surface area contributed by atoms with E-state index in [1.165, 1.54) is 25.8 Å². The van der Waals surface area contributed by atoms with Crippen molar-refractivity contribution < 1.29 is 5.11 Å². The van der Waals surface area contributed by atoms with Crippen molar-refractivity contribution in [3.05, 3.63) is 0 Å². The lowest BCUT2D eigenvalue weighted by atomic mass is 10.0. The summed E-state index contributed by atoms with van der Waals surface area (Å²) in [4.78, 5) is 2.55. The van der Waals surface area contributed by atoms with E-state index in [0.29, 0.717) is 18.6 Å². The van der Waals surface area contributed by atoms with E-state index in [1.54, 1.807) is 0 Å². The maximum absolute atomic E-state index is 9.09. The van der Waals surface area contributed by atoms with Crippen LogP contribution in [0.3, 0.4) is 0 Å². The van der Waals surface area contributed by atoms with E-state index < -0.39 is 0 Å². The number of aliphatic hydroxyl groups excluding tert-OH is 1. The molecule has 0 radical (unpaired) electrons. The second-order valence-corrected chi connectivity index (χ2v) is 4.74. The number of likely N-dealkylation sites (N-methyl/N-ethyl adjacent to an activating group) is 1. The molecule has 2 N–H and O–H groups in total. The van der Waals surface area contributed by atoms with Crippen molar-refractivity contribution in [3.63, 3.8) is 0 Å². The molecule has 0 aromatic rings. The zero-order valence-electron chi connectivity index (χ0n) is 10.2. The van der Waals surface area contributed by atoms with E-state index in [0.717, 1.165) is 19.6 Å². The molecule has 0 aromatic heterocycles. The van der Waals surface area contributed by atoms with Gasteiger partial charge in [-0.15, -0.1) is 0 Å². The Bertz CT molecular complexity index is 164. The van der Waals surface area contributed by atoms with Crippen molar-refractivity contribution in [2.75, 3.05) is 32.8 Å². The highest BCUT2D eigenvalue weighted by molar-refractivity contribution is 4.79. The van der Waals surface area contributed by atoms with Gasteiger partial charge in [0.2, 0.25) is 0 Å². The van der Waals surface area contributed by atoms with Crippen LogP contribution in [0.5, 0.6) is 0 Å². The summed E-state index contributed by atoms with van der Waals surface area (Å²) in [5, 5.41) is 12.5. The molecule has 3 nitrogen and oxygen atoms in total. The zero-order valence-corrected chi connectivity index (χ0v) is 10.2. The number of nitrogens with zero attached hydrogens (tertiary/aromatic N) is 1. The molecule has 1 saturated heterocycles. The number of rotatable bonds is 6. The maximum atomic E-state index is 9.09. The first-order chi connectivity index (χ1) is 7.27. The molecule has 1 aliphatic heterocycles. The minimum atomic E-state index is 0.310. The second-order valence-electron chi connectivity index (χ2n) is 4.74. The maximum Gasteiger partial charge on any atom is 0.0468 e. The molecule has 2 atom stereocenters. The number of hydrogen-bond donors (Lipinski definition) is 2. The van der Waals surface area contributed by atoms with Gasteiger partial charge in [-0.2, -0.15) is 0 Å². The van der Waals surface area contributed by atoms with Gasteiger partial charge in [0, 0.05) is 25.7 Å². The average molecular weight is 214 g/mol. The Kier molecular flexibility index (Phi) is 6.22. The zero-order chi connectivity index (χ0) is 11.1. The smallest absolute Gasteiger partial charge is 0.0468 e. The van der Waals surface area contributed by atoms with Gasteiger partial charge >= 0.3 is 0 Å². The SMILES string of the molecule is CCNCC1CCCCN1CC(C)CO. The predicted molar refractivity (Wildman–Crippen MR) is 64.0 cm³/mol. The number of likely N-dealkylation sites (tertiary alicyclic amines) is 1. The van der Waals surface area contributed by atoms with Gasteiger partial charge in [0.05, 0.1) is 0 Å². The van der Waals surface area contributed by atoms with Crippen molar-refractivity contribution in [2.45, 2.75) is 39.2 Å². The third-order valence-corrected chi connectivity index (χ3v) is 3.24. The molecule has 1 aliphatic rings. The van der Waals surface area contributed by atoms with E-state index in [2.05, 4.69) is 24.1 Å². The summed E-state index contributed by atoms with van der Waals surface area (Å²) in [7, 11) is 0. The summed E-state index contributed by atoms with van der Waals surface area (Å²) >= 11 is 0. The monoisotopic (exact) mass is 214 g/mol. The Labute approximate surface area is 93.9 Å². The Morgan fingerprint density at radius 2 is 2.27 bits per heavy atom. The molecule has 0 spiro atoms. The van der Waals surface area contributed by atoms with Crippen molar-refractivity contribution in [1.82, 2.24) is 10.2 Å². The molecule has 1 fully saturated rings. The predicted octanol–water partition coefficient (Wildman–Crippen LogP) is 1.08. The van der Waals surface area contributed by atoms with Gasteiger partial charge in [-0.1, -0.05) is 20.3 Å². The lowest BCUT2D eigenvalue weighted by molar-refractivity contribution is 0.106. The molecule has 15 heavy (non-hydrogen) atoms. The van der Waals surface area contributed by atoms with Gasteiger partial charge in [-0.3, -0.25) is 4.90 Å². The Balaban J connectivity index is 2.35.